The Balaban J connectivity index is 2.11. The fourth-order valence-corrected chi connectivity index (χ4v) is 2.10. The van der Waals surface area contributed by atoms with Gasteiger partial charge in [-0.25, -0.2) is 8.78 Å². The number of carbonyl (C=O) groups is 1. The molecule has 106 valence electrons. The van der Waals surface area contributed by atoms with E-state index in [9.17, 15) is 13.6 Å². The Hall–Kier alpha value is -1.47. The van der Waals surface area contributed by atoms with Crippen molar-refractivity contribution < 1.29 is 13.6 Å². The first-order valence-corrected chi connectivity index (χ1v) is 6.70. The standard InChI is InChI=1S/C12H9BrClF2N3O/c13-7-1-2-10(14)9(3-7)12(20)18-8-4-17-19(5-8)6-11(15)16/h1-5,11H,6H2,(H,18,20). The highest BCUT2D eigenvalue weighted by Gasteiger charge is 2.13. The molecule has 0 atom stereocenters. The summed E-state index contributed by atoms with van der Waals surface area (Å²) >= 11 is 9.17. The van der Waals surface area contributed by atoms with Gasteiger partial charge in [0.1, 0.15) is 6.54 Å². The number of nitrogens with one attached hydrogen (secondary N) is 1. The zero-order valence-corrected chi connectivity index (χ0v) is 12.3. The van der Waals surface area contributed by atoms with Crippen molar-refractivity contribution in [2.24, 2.45) is 0 Å². The summed E-state index contributed by atoms with van der Waals surface area (Å²) in [6.07, 6.45) is 0.125. The fraction of sp³-hybridized carbons (Fsp3) is 0.167. The molecule has 1 amide bonds. The van der Waals surface area contributed by atoms with Crippen LogP contribution in [0.25, 0.3) is 0 Å². The molecule has 0 fully saturated rings. The van der Waals surface area contributed by atoms with Gasteiger partial charge in [0.2, 0.25) is 0 Å². The molecule has 2 rings (SSSR count). The van der Waals surface area contributed by atoms with Crippen LogP contribution in [0.5, 0.6) is 0 Å². The van der Waals surface area contributed by atoms with Crippen LogP contribution in [0.15, 0.2) is 35.1 Å². The lowest BCUT2D eigenvalue weighted by molar-refractivity contribution is 0.102. The quantitative estimate of drug-likeness (QED) is 0.896. The molecule has 0 aliphatic heterocycles. The van der Waals surface area contributed by atoms with E-state index in [0.29, 0.717) is 15.2 Å². The Morgan fingerprint density at radius 2 is 2.25 bits per heavy atom. The molecule has 0 unspecified atom stereocenters. The molecule has 0 saturated carbocycles. The van der Waals surface area contributed by atoms with Gasteiger partial charge in [0.25, 0.3) is 12.3 Å². The lowest BCUT2D eigenvalue weighted by atomic mass is 10.2. The second-order valence-electron chi connectivity index (χ2n) is 3.92. The van der Waals surface area contributed by atoms with Crippen molar-refractivity contribution in [2.45, 2.75) is 13.0 Å². The van der Waals surface area contributed by atoms with E-state index < -0.39 is 18.9 Å². The van der Waals surface area contributed by atoms with Crippen molar-refractivity contribution in [1.29, 1.82) is 0 Å². The van der Waals surface area contributed by atoms with Gasteiger partial charge < -0.3 is 5.32 Å². The monoisotopic (exact) mass is 363 g/mol. The normalized spacial score (nSPS) is 10.8. The van der Waals surface area contributed by atoms with Crippen molar-refractivity contribution in [3.63, 3.8) is 0 Å². The summed E-state index contributed by atoms with van der Waals surface area (Å²) in [4.78, 5) is 12.0. The zero-order valence-electron chi connectivity index (χ0n) is 9.99. The number of benzene rings is 1. The zero-order chi connectivity index (χ0) is 14.7. The molecule has 1 aromatic heterocycles. The lowest BCUT2D eigenvalue weighted by Crippen LogP contribution is -2.12. The van der Waals surface area contributed by atoms with Crippen LogP contribution in [0.4, 0.5) is 14.5 Å². The van der Waals surface area contributed by atoms with E-state index >= 15 is 0 Å². The van der Waals surface area contributed by atoms with Crippen LogP contribution in [0.3, 0.4) is 0 Å². The fourth-order valence-electron chi connectivity index (χ4n) is 1.54. The average molecular weight is 365 g/mol. The van der Waals surface area contributed by atoms with Crippen LogP contribution in [-0.2, 0) is 6.54 Å². The molecule has 8 heteroatoms. The average Bonchev–Trinajstić information content (AvgIpc) is 2.78. The van der Waals surface area contributed by atoms with Crippen LogP contribution < -0.4 is 5.32 Å². The van der Waals surface area contributed by atoms with E-state index in [2.05, 4.69) is 26.3 Å². The lowest BCUT2D eigenvalue weighted by Gasteiger charge is -2.05. The van der Waals surface area contributed by atoms with Crippen molar-refractivity contribution in [1.82, 2.24) is 9.78 Å². The minimum Gasteiger partial charge on any atom is -0.319 e. The minimum absolute atomic E-state index is 0.280. The second-order valence-corrected chi connectivity index (χ2v) is 5.24. The Morgan fingerprint density at radius 1 is 1.50 bits per heavy atom. The summed E-state index contributed by atoms with van der Waals surface area (Å²) in [5.41, 5.74) is 0.606. The van der Waals surface area contributed by atoms with E-state index in [-0.39, 0.29) is 5.56 Å². The molecule has 4 nitrogen and oxygen atoms in total. The van der Waals surface area contributed by atoms with Crippen molar-refractivity contribution >= 4 is 39.1 Å². The van der Waals surface area contributed by atoms with Gasteiger partial charge in [-0.2, -0.15) is 5.10 Å². The number of alkyl halides is 2. The number of hydrogen-bond donors (Lipinski definition) is 1. The molecule has 1 N–H and O–H groups in total. The summed E-state index contributed by atoms with van der Waals surface area (Å²) < 4.78 is 26.1. The predicted octanol–water partition coefficient (Wildman–Crippen LogP) is 3.82. The van der Waals surface area contributed by atoms with Gasteiger partial charge in [-0.15, -0.1) is 0 Å². The number of carbonyl (C=O) groups excluding carboxylic acids is 1. The van der Waals surface area contributed by atoms with Crippen LogP contribution in [0, 0.1) is 0 Å². The van der Waals surface area contributed by atoms with Crippen LogP contribution >= 0.6 is 27.5 Å². The summed E-state index contributed by atoms with van der Waals surface area (Å²) in [7, 11) is 0. The smallest absolute Gasteiger partial charge is 0.257 e. The van der Waals surface area contributed by atoms with Gasteiger partial charge in [-0.05, 0) is 18.2 Å². The van der Waals surface area contributed by atoms with Gasteiger partial charge >= 0.3 is 0 Å². The third-order valence-electron chi connectivity index (χ3n) is 2.39. The van der Waals surface area contributed by atoms with Gasteiger partial charge in [0, 0.05) is 10.7 Å². The highest BCUT2D eigenvalue weighted by Crippen LogP contribution is 2.22. The van der Waals surface area contributed by atoms with E-state index in [1.807, 2.05) is 0 Å². The van der Waals surface area contributed by atoms with Crippen LogP contribution in [0.2, 0.25) is 5.02 Å². The van der Waals surface area contributed by atoms with Gasteiger partial charge in [-0.3, -0.25) is 9.48 Å². The molecule has 0 aliphatic rings. The number of aromatic nitrogens is 2. The number of halogens is 4. The number of rotatable bonds is 4. The minimum atomic E-state index is -2.50. The summed E-state index contributed by atoms with van der Waals surface area (Å²) in [6.45, 7) is -0.520. The number of nitrogens with zero attached hydrogens (tertiary/aromatic N) is 2. The SMILES string of the molecule is O=C(Nc1cnn(CC(F)F)c1)c1cc(Br)ccc1Cl. The maximum Gasteiger partial charge on any atom is 0.257 e. The maximum atomic E-state index is 12.2. The van der Waals surface area contributed by atoms with Crippen LogP contribution in [-0.4, -0.2) is 22.1 Å². The van der Waals surface area contributed by atoms with E-state index in [0.717, 1.165) is 4.68 Å². The second kappa shape index (κ2) is 6.32. The Labute approximate surface area is 126 Å². The summed E-state index contributed by atoms with van der Waals surface area (Å²) in [6, 6.07) is 4.86. The van der Waals surface area contributed by atoms with E-state index in [1.165, 1.54) is 12.4 Å². The number of hydrogen-bond acceptors (Lipinski definition) is 2. The molecular formula is C12H9BrClF2N3O. The Morgan fingerprint density at radius 3 is 2.95 bits per heavy atom. The maximum absolute atomic E-state index is 12.2. The molecule has 1 heterocycles. The third-order valence-corrected chi connectivity index (χ3v) is 3.21. The highest BCUT2D eigenvalue weighted by atomic mass is 79.9. The molecule has 0 spiro atoms. The number of amides is 1. The first-order valence-electron chi connectivity index (χ1n) is 5.52. The van der Waals surface area contributed by atoms with Gasteiger partial charge in [0.15, 0.2) is 0 Å². The Bertz CT molecular complexity index is 633. The first-order chi connectivity index (χ1) is 9.45. The first kappa shape index (κ1) is 14.9. The van der Waals surface area contributed by atoms with Crippen molar-refractivity contribution in [2.75, 3.05) is 5.32 Å². The molecule has 0 saturated heterocycles. The summed E-state index contributed by atoms with van der Waals surface area (Å²) in [5, 5.41) is 6.57. The third kappa shape index (κ3) is 3.77. The van der Waals surface area contributed by atoms with Crippen LogP contribution in [0.1, 0.15) is 10.4 Å². The van der Waals surface area contributed by atoms with Crippen molar-refractivity contribution in [3.05, 3.63) is 45.7 Å². The van der Waals surface area contributed by atoms with Gasteiger partial charge in [-0.1, -0.05) is 27.5 Å². The molecule has 0 aliphatic carbocycles. The highest BCUT2D eigenvalue weighted by molar-refractivity contribution is 9.10. The largest absolute Gasteiger partial charge is 0.319 e. The summed E-state index contributed by atoms with van der Waals surface area (Å²) in [5.74, 6) is -0.437. The number of anilines is 1. The van der Waals surface area contributed by atoms with E-state index in [1.54, 1.807) is 18.2 Å². The molecule has 2 aromatic rings. The molecule has 1 aromatic carbocycles. The molecule has 0 bridgehead atoms. The topological polar surface area (TPSA) is 46.9 Å². The van der Waals surface area contributed by atoms with Gasteiger partial charge in [0.05, 0.1) is 22.5 Å². The van der Waals surface area contributed by atoms with Crippen molar-refractivity contribution in [3.8, 4) is 0 Å². The van der Waals surface area contributed by atoms with E-state index in [4.69, 9.17) is 11.6 Å². The molecule has 20 heavy (non-hydrogen) atoms. The predicted molar refractivity (Wildman–Crippen MR) is 75.3 cm³/mol. The molecular weight excluding hydrogens is 356 g/mol. The molecule has 0 radical (unpaired) electrons. The Kier molecular flexibility index (Phi) is 4.72.